The molecule has 3 rings (SSSR count). The second kappa shape index (κ2) is 11.1. The number of ether oxygens (including phenoxy) is 1. The van der Waals surface area contributed by atoms with Gasteiger partial charge in [-0.1, -0.05) is 48.8 Å². The van der Waals surface area contributed by atoms with Crippen molar-refractivity contribution in [2.45, 2.75) is 59.7 Å². The highest BCUT2D eigenvalue weighted by Crippen LogP contribution is 2.32. The fraction of sp³-hybridized carbons (Fsp3) is 0.423. The van der Waals surface area contributed by atoms with E-state index < -0.39 is 6.09 Å². The van der Waals surface area contributed by atoms with Crippen LogP contribution in [0.1, 0.15) is 50.6 Å². The Morgan fingerprint density at radius 2 is 1.85 bits per heavy atom. The number of hydrogen-bond donors (Lipinski definition) is 1. The van der Waals surface area contributed by atoms with Crippen molar-refractivity contribution in [1.82, 2.24) is 14.9 Å². The third-order valence-electron chi connectivity index (χ3n) is 5.94. The first kappa shape index (κ1) is 25.1. The quantitative estimate of drug-likeness (QED) is 0.356. The third-order valence-corrected chi connectivity index (χ3v) is 6.43. The van der Waals surface area contributed by atoms with E-state index in [4.69, 9.17) is 15.5 Å². The van der Waals surface area contributed by atoms with E-state index in [2.05, 4.69) is 77.8 Å². The number of hydrogen-bond acceptors (Lipinski definition) is 5. The molecule has 0 bridgehead atoms. The number of fused-ring (bicyclic) bond motifs is 1. The molecule has 0 spiro atoms. The Hall–Kier alpha value is -2.51. The predicted molar refractivity (Wildman–Crippen MR) is 136 cm³/mol. The van der Waals surface area contributed by atoms with Crippen LogP contribution in [0.2, 0.25) is 0 Å². The number of rotatable bonds is 9. The molecule has 176 valence electrons. The van der Waals surface area contributed by atoms with E-state index in [1.807, 2.05) is 24.5 Å². The molecule has 1 amide bonds. The zero-order valence-electron chi connectivity index (χ0n) is 19.8. The fourth-order valence-electron chi connectivity index (χ4n) is 4.30. The van der Waals surface area contributed by atoms with E-state index in [-0.39, 0.29) is 11.5 Å². The molecule has 0 radical (unpaired) electrons. The van der Waals surface area contributed by atoms with Gasteiger partial charge in [-0.2, -0.15) is 0 Å². The number of nitrogens with zero attached hydrogens (tertiary/aromatic N) is 3. The summed E-state index contributed by atoms with van der Waals surface area (Å²) < 4.78 is 6.05. The molecule has 0 saturated carbocycles. The van der Waals surface area contributed by atoms with Crippen molar-refractivity contribution in [3.05, 3.63) is 70.2 Å². The van der Waals surface area contributed by atoms with Crippen LogP contribution in [-0.4, -0.2) is 33.6 Å². The summed E-state index contributed by atoms with van der Waals surface area (Å²) in [4.78, 5) is 22.9. The number of nitrogens with two attached hydrogens (primary N) is 1. The normalized spacial score (nSPS) is 12.8. The first-order valence-corrected chi connectivity index (χ1v) is 12.0. The molecule has 1 aromatic carbocycles. The van der Waals surface area contributed by atoms with Crippen molar-refractivity contribution in [3.8, 4) is 0 Å². The highest BCUT2D eigenvalue weighted by molar-refractivity contribution is 9.10. The number of halogens is 1. The second-order valence-corrected chi connectivity index (χ2v) is 10.4. The summed E-state index contributed by atoms with van der Waals surface area (Å²) in [5, 5.41) is 2.30. The Kier molecular flexibility index (Phi) is 8.43. The molecule has 0 aliphatic rings. The van der Waals surface area contributed by atoms with Gasteiger partial charge in [0.05, 0.1) is 18.0 Å². The van der Waals surface area contributed by atoms with Gasteiger partial charge in [-0.25, -0.2) is 4.79 Å². The molecule has 6 nitrogen and oxygen atoms in total. The molecule has 2 aromatic heterocycles. The van der Waals surface area contributed by atoms with E-state index in [9.17, 15) is 4.79 Å². The minimum atomic E-state index is -0.727. The molecular formula is C26H33BrN4O2. The SMILES string of the molecule is Cc1cccnc1CN(Cc1nccc2cc(Br)ccc12)C(CCCOC(N)=O)C(C)(C)C. The molecule has 2 heterocycles. The zero-order valence-corrected chi connectivity index (χ0v) is 21.4. The number of pyridine rings is 2. The van der Waals surface area contributed by atoms with Gasteiger partial charge in [-0.3, -0.25) is 14.9 Å². The van der Waals surface area contributed by atoms with Gasteiger partial charge in [0.2, 0.25) is 0 Å². The van der Waals surface area contributed by atoms with Crippen LogP contribution in [0.15, 0.2) is 53.3 Å². The van der Waals surface area contributed by atoms with Crippen molar-refractivity contribution in [3.63, 3.8) is 0 Å². The van der Waals surface area contributed by atoms with Crippen molar-refractivity contribution >= 4 is 32.8 Å². The third kappa shape index (κ3) is 6.98. The van der Waals surface area contributed by atoms with Crippen molar-refractivity contribution in [2.75, 3.05) is 6.61 Å². The number of carbonyl (C=O) groups is 1. The molecule has 1 unspecified atom stereocenters. The van der Waals surface area contributed by atoms with Gasteiger partial charge in [0.1, 0.15) is 0 Å². The Labute approximate surface area is 204 Å². The average molecular weight is 513 g/mol. The lowest BCUT2D eigenvalue weighted by Gasteiger charge is -2.40. The lowest BCUT2D eigenvalue weighted by atomic mass is 9.82. The molecular weight excluding hydrogens is 480 g/mol. The molecule has 7 heteroatoms. The molecule has 33 heavy (non-hydrogen) atoms. The zero-order chi connectivity index (χ0) is 24.0. The minimum Gasteiger partial charge on any atom is -0.450 e. The molecule has 3 aromatic rings. The van der Waals surface area contributed by atoms with Crippen LogP contribution in [0.4, 0.5) is 4.79 Å². The Balaban J connectivity index is 1.95. The number of aromatic nitrogens is 2. The lowest BCUT2D eigenvalue weighted by molar-refractivity contribution is 0.0673. The first-order chi connectivity index (χ1) is 15.6. The van der Waals surface area contributed by atoms with Gasteiger partial charge in [0, 0.05) is 41.4 Å². The molecule has 1 atom stereocenters. The Bertz CT molecular complexity index is 1100. The second-order valence-electron chi connectivity index (χ2n) is 9.49. The Morgan fingerprint density at radius 1 is 1.12 bits per heavy atom. The number of aryl methyl sites for hydroxylation is 1. The Morgan fingerprint density at radius 3 is 2.55 bits per heavy atom. The van der Waals surface area contributed by atoms with Crippen LogP contribution in [-0.2, 0) is 17.8 Å². The monoisotopic (exact) mass is 512 g/mol. The summed E-state index contributed by atoms with van der Waals surface area (Å²) >= 11 is 3.57. The van der Waals surface area contributed by atoms with E-state index in [1.54, 1.807) is 0 Å². The number of amides is 1. The highest BCUT2D eigenvalue weighted by atomic mass is 79.9. The predicted octanol–water partition coefficient (Wildman–Crippen LogP) is 5.99. The number of carbonyl (C=O) groups excluding carboxylic acids is 1. The van der Waals surface area contributed by atoms with Crippen LogP contribution in [0.25, 0.3) is 10.8 Å². The summed E-state index contributed by atoms with van der Waals surface area (Å²) in [5.41, 5.74) is 8.40. The fourth-order valence-corrected chi connectivity index (χ4v) is 4.67. The summed E-state index contributed by atoms with van der Waals surface area (Å²) in [6.07, 6.45) is 4.59. The van der Waals surface area contributed by atoms with Gasteiger partial charge < -0.3 is 10.5 Å². The molecule has 0 saturated heterocycles. The van der Waals surface area contributed by atoms with Gasteiger partial charge in [0.15, 0.2) is 0 Å². The molecule has 2 N–H and O–H groups in total. The maximum Gasteiger partial charge on any atom is 0.404 e. The van der Waals surface area contributed by atoms with Crippen LogP contribution < -0.4 is 5.73 Å². The van der Waals surface area contributed by atoms with Crippen LogP contribution in [0.5, 0.6) is 0 Å². The standard InChI is InChI=1S/C26H33BrN4O2/c1-18-7-5-12-29-22(18)16-31(24(26(2,3)4)8-6-14-33-25(28)32)17-23-21-10-9-20(27)15-19(21)11-13-30-23/h5,7,9-13,15,24H,6,8,14,16-17H2,1-4H3,(H2,28,32). The summed E-state index contributed by atoms with van der Waals surface area (Å²) in [6, 6.07) is 12.6. The van der Waals surface area contributed by atoms with Crippen molar-refractivity contribution < 1.29 is 9.53 Å². The maximum atomic E-state index is 11.0. The van der Waals surface area contributed by atoms with E-state index in [0.717, 1.165) is 39.5 Å². The van der Waals surface area contributed by atoms with Crippen molar-refractivity contribution in [1.29, 1.82) is 0 Å². The first-order valence-electron chi connectivity index (χ1n) is 11.2. The highest BCUT2D eigenvalue weighted by Gasteiger charge is 2.31. The van der Waals surface area contributed by atoms with Gasteiger partial charge >= 0.3 is 6.09 Å². The largest absolute Gasteiger partial charge is 0.450 e. The van der Waals surface area contributed by atoms with Crippen LogP contribution in [0, 0.1) is 12.3 Å². The van der Waals surface area contributed by atoms with Crippen LogP contribution >= 0.6 is 15.9 Å². The lowest BCUT2D eigenvalue weighted by Crippen LogP contribution is -2.44. The number of primary amides is 1. The van der Waals surface area contributed by atoms with E-state index >= 15 is 0 Å². The average Bonchev–Trinajstić information content (AvgIpc) is 2.73. The molecule has 0 aliphatic heterocycles. The molecule has 0 fully saturated rings. The van der Waals surface area contributed by atoms with E-state index in [0.29, 0.717) is 19.7 Å². The van der Waals surface area contributed by atoms with Crippen LogP contribution in [0.3, 0.4) is 0 Å². The van der Waals surface area contributed by atoms with Gasteiger partial charge in [-0.15, -0.1) is 0 Å². The smallest absolute Gasteiger partial charge is 0.404 e. The topological polar surface area (TPSA) is 81.3 Å². The summed E-state index contributed by atoms with van der Waals surface area (Å²) in [6.45, 7) is 10.6. The van der Waals surface area contributed by atoms with Crippen molar-refractivity contribution in [2.24, 2.45) is 11.1 Å². The minimum absolute atomic E-state index is 0.0109. The maximum absolute atomic E-state index is 11.0. The van der Waals surface area contributed by atoms with E-state index in [1.165, 1.54) is 5.56 Å². The van der Waals surface area contributed by atoms with Gasteiger partial charge in [-0.05, 0) is 60.4 Å². The summed E-state index contributed by atoms with van der Waals surface area (Å²) in [5.74, 6) is 0. The summed E-state index contributed by atoms with van der Waals surface area (Å²) in [7, 11) is 0. The number of benzene rings is 1. The van der Waals surface area contributed by atoms with Gasteiger partial charge in [0.25, 0.3) is 0 Å². The molecule has 0 aliphatic carbocycles.